The van der Waals surface area contributed by atoms with Crippen molar-refractivity contribution in [1.82, 2.24) is 14.5 Å². The van der Waals surface area contributed by atoms with Crippen LogP contribution in [0.5, 0.6) is 0 Å². The molecule has 1 atom stereocenters. The Balaban J connectivity index is 3.17. The second-order valence-electron chi connectivity index (χ2n) is 4.48. The summed E-state index contributed by atoms with van der Waals surface area (Å²) in [6.07, 6.45) is 2.64. The van der Waals surface area contributed by atoms with Crippen molar-refractivity contribution in [2.24, 2.45) is 0 Å². The highest BCUT2D eigenvalue weighted by molar-refractivity contribution is 7.98. The lowest BCUT2D eigenvalue weighted by Crippen LogP contribution is -2.36. The van der Waals surface area contributed by atoms with E-state index in [2.05, 4.69) is 10.2 Å². The van der Waals surface area contributed by atoms with E-state index >= 15 is 0 Å². The predicted octanol–water partition coefficient (Wildman–Crippen LogP) is 1.18. The molecule has 0 fully saturated rings. The van der Waals surface area contributed by atoms with Crippen molar-refractivity contribution in [2.75, 3.05) is 19.1 Å². The molecule has 0 spiro atoms. The Morgan fingerprint density at radius 3 is 2.65 bits per heavy atom. The van der Waals surface area contributed by atoms with Crippen LogP contribution >= 0.6 is 11.8 Å². The second kappa shape index (κ2) is 6.59. The normalized spacial score (nSPS) is 13.7. The molecule has 114 valence electrons. The molecule has 0 aliphatic carbocycles. The van der Waals surface area contributed by atoms with Crippen molar-refractivity contribution >= 4 is 27.8 Å². The Morgan fingerprint density at radius 2 is 2.15 bits per heavy atom. The predicted molar refractivity (Wildman–Crippen MR) is 77.7 cm³/mol. The van der Waals surface area contributed by atoms with Gasteiger partial charge in [0.05, 0.1) is 5.69 Å². The van der Waals surface area contributed by atoms with Crippen molar-refractivity contribution in [3.63, 3.8) is 0 Å². The fraction of sp³-hybridized carbons (Fsp3) is 0.636. The molecule has 1 rings (SSSR count). The number of H-pyrrole nitrogens is 1. The number of carbonyl (C=O) groups is 1. The average molecular weight is 321 g/mol. The zero-order valence-corrected chi connectivity index (χ0v) is 13.5. The molecule has 1 aromatic heterocycles. The number of aryl methyl sites for hydroxylation is 1. The second-order valence-corrected chi connectivity index (χ2v) is 7.40. The van der Waals surface area contributed by atoms with Gasteiger partial charge in [-0.1, -0.05) is 0 Å². The summed E-state index contributed by atoms with van der Waals surface area (Å²) in [7, 11) is -2.43. The lowest BCUT2D eigenvalue weighted by atomic mass is 10.3. The number of aromatic amines is 1. The first-order valence-electron chi connectivity index (χ1n) is 5.98. The molecule has 0 saturated heterocycles. The third-order valence-electron chi connectivity index (χ3n) is 3.09. The summed E-state index contributed by atoms with van der Waals surface area (Å²) in [5.74, 6) is -0.532. The van der Waals surface area contributed by atoms with Gasteiger partial charge >= 0.3 is 5.97 Å². The molecular formula is C11H19N3O4S2. The van der Waals surface area contributed by atoms with Crippen LogP contribution in [0.2, 0.25) is 0 Å². The smallest absolute Gasteiger partial charge is 0.357 e. The van der Waals surface area contributed by atoms with E-state index < -0.39 is 21.7 Å². The number of carboxylic acid groups (broad SMARTS) is 1. The van der Waals surface area contributed by atoms with Crippen LogP contribution in [0.25, 0.3) is 0 Å². The monoisotopic (exact) mass is 321 g/mol. The third-order valence-corrected chi connectivity index (χ3v) is 5.87. The van der Waals surface area contributed by atoms with Gasteiger partial charge in [0, 0.05) is 13.1 Å². The largest absolute Gasteiger partial charge is 0.476 e. The number of carboxylic acids is 1. The lowest BCUT2D eigenvalue weighted by Gasteiger charge is -2.24. The van der Waals surface area contributed by atoms with Crippen LogP contribution < -0.4 is 0 Å². The maximum atomic E-state index is 12.5. The highest BCUT2D eigenvalue weighted by atomic mass is 32.2. The minimum Gasteiger partial charge on any atom is -0.476 e. The van der Waals surface area contributed by atoms with E-state index in [-0.39, 0.29) is 16.6 Å². The Labute approximate surface area is 122 Å². The number of nitrogens with one attached hydrogen (secondary N) is 1. The highest BCUT2D eigenvalue weighted by Crippen LogP contribution is 2.23. The first-order chi connectivity index (χ1) is 9.23. The molecule has 0 aliphatic heterocycles. The molecule has 0 aliphatic rings. The van der Waals surface area contributed by atoms with Gasteiger partial charge < -0.3 is 5.11 Å². The van der Waals surface area contributed by atoms with Crippen molar-refractivity contribution in [2.45, 2.75) is 31.2 Å². The van der Waals surface area contributed by atoms with Gasteiger partial charge in [-0.15, -0.1) is 0 Å². The molecule has 0 aromatic carbocycles. The SMILES string of the molecule is CSCCC(C)N(C)S(=O)(=O)c1c(C(=O)O)n[nH]c1C. The van der Waals surface area contributed by atoms with Gasteiger partial charge in [-0.2, -0.15) is 21.2 Å². The number of hydrogen-bond acceptors (Lipinski definition) is 5. The molecule has 20 heavy (non-hydrogen) atoms. The van der Waals surface area contributed by atoms with Crippen molar-refractivity contribution in [3.05, 3.63) is 11.4 Å². The zero-order valence-electron chi connectivity index (χ0n) is 11.9. The number of aromatic nitrogens is 2. The summed E-state index contributed by atoms with van der Waals surface area (Å²) in [6, 6.07) is -0.219. The fourth-order valence-corrected chi connectivity index (χ4v) is 3.98. The molecule has 0 bridgehead atoms. The summed E-state index contributed by atoms with van der Waals surface area (Å²) < 4.78 is 26.3. The molecule has 9 heteroatoms. The Kier molecular flexibility index (Phi) is 5.60. The minimum atomic E-state index is -3.88. The van der Waals surface area contributed by atoms with Crippen LogP contribution in [0, 0.1) is 6.92 Å². The standard InChI is InChI=1S/C11H19N3O4S2/c1-7(5-6-19-4)14(3)20(17,18)10-8(2)12-13-9(10)11(15)16/h7H,5-6H2,1-4H3,(H,12,13)(H,15,16). The highest BCUT2D eigenvalue weighted by Gasteiger charge is 2.33. The Morgan fingerprint density at radius 1 is 1.55 bits per heavy atom. The van der Waals surface area contributed by atoms with Crippen LogP contribution in [0.1, 0.15) is 29.5 Å². The number of aromatic carboxylic acids is 1. The van der Waals surface area contributed by atoms with Crippen LogP contribution in [0.4, 0.5) is 0 Å². The molecule has 0 saturated carbocycles. The zero-order chi connectivity index (χ0) is 15.5. The molecule has 7 nitrogen and oxygen atoms in total. The lowest BCUT2D eigenvalue weighted by molar-refractivity contribution is 0.0686. The van der Waals surface area contributed by atoms with Gasteiger partial charge in [0.25, 0.3) is 0 Å². The van der Waals surface area contributed by atoms with Crippen LogP contribution in [0.3, 0.4) is 0 Å². The van der Waals surface area contributed by atoms with E-state index in [1.807, 2.05) is 6.26 Å². The van der Waals surface area contributed by atoms with E-state index in [9.17, 15) is 13.2 Å². The van der Waals surface area contributed by atoms with E-state index in [1.54, 1.807) is 18.7 Å². The fourth-order valence-electron chi connectivity index (χ4n) is 1.73. The van der Waals surface area contributed by atoms with Gasteiger partial charge in [-0.3, -0.25) is 5.10 Å². The number of hydrogen-bond donors (Lipinski definition) is 2. The number of nitrogens with zero attached hydrogens (tertiary/aromatic N) is 2. The average Bonchev–Trinajstić information content (AvgIpc) is 2.77. The van der Waals surface area contributed by atoms with Crippen molar-refractivity contribution in [3.8, 4) is 0 Å². The number of thioether (sulfide) groups is 1. The maximum absolute atomic E-state index is 12.5. The van der Waals surface area contributed by atoms with Gasteiger partial charge in [0.1, 0.15) is 4.90 Å². The summed E-state index contributed by atoms with van der Waals surface area (Å²) in [6.45, 7) is 3.29. The number of rotatable bonds is 7. The number of sulfonamides is 1. The summed E-state index contributed by atoms with van der Waals surface area (Å²) in [5, 5.41) is 15.0. The molecule has 2 N–H and O–H groups in total. The Hall–Kier alpha value is -1.06. The van der Waals surface area contributed by atoms with E-state index in [1.165, 1.54) is 18.3 Å². The maximum Gasteiger partial charge on any atom is 0.357 e. The van der Waals surface area contributed by atoms with E-state index in [4.69, 9.17) is 5.11 Å². The van der Waals surface area contributed by atoms with Gasteiger partial charge in [0.15, 0.2) is 5.69 Å². The van der Waals surface area contributed by atoms with Gasteiger partial charge in [-0.05, 0) is 32.3 Å². The van der Waals surface area contributed by atoms with Crippen molar-refractivity contribution < 1.29 is 18.3 Å². The molecular weight excluding hydrogens is 302 g/mol. The van der Waals surface area contributed by atoms with Gasteiger partial charge in [-0.25, -0.2) is 13.2 Å². The Bertz CT molecular complexity index is 582. The minimum absolute atomic E-state index is 0.219. The topological polar surface area (TPSA) is 103 Å². The van der Waals surface area contributed by atoms with Crippen LogP contribution in [0.15, 0.2) is 4.90 Å². The molecule has 0 radical (unpaired) electrons. The van der Waals surface area contributed by atoms with E-state index in [0.29, 0.717) is 6.42 Å². The summed E-state index contributed by atoms with van der Waals surface area (Å²) in [5.41, 5.74) is -0.238. The van der Waals surface area contributed by atoms with Crippen molar-refractivity contribution in [1.29, 1.82) is 0 Å². The molecule has 1 heterocycles. The summed E-state index contributed by atoms with van der Waals surface area (Å²) in [4.78, 5) is 10.8. The quantitative estimate of drug-likeness (QED) is 0.781. The first kappa shape index (κ1) is 17.0. The molecule has 1 aromatic rings. The van der Waals surface area contributed by atoms with Gasteiger partial charge in [0.2, 0.25) is 10.0 Å². The van der Waals surface area contributed by atoms with Crippen LogP contribution in [-0.4, -0.2) is 59.1 Å². The summed E-state index contributed by atoms with van der Waals surface area (Å²) >= 11 is 1.63. The van der Waals surface area contributed by atoms with Crippen LogP contribution in [-0.2, 0) is 10.0 Å². The van der Waals surface area contributed by atoms with E-state index in [0.717, 1.165) is 5.75 Å². The third kappa shape index (κ3) is 3.33. The molecule has 0 amide bonds. The molecule has 1 unspecified atom stereocenters. The first-order valence-corrected chi connectivity index (χ1v) is 8.82.